The Hall–Kier alpha value is -0.448. The van der Waals surface area contributed by atoms with Gasteiger partial charge in [-0.1, -0.05) is 43.8 Å². The zero-order valence-electron chi connectivity index (χ0n) is 17.2. The topological polar surface area (TPSA) is 173 Å². The molecular formula is C20H22O10Y3-2. The van der Waals surface area contributed by atoms with Gasteiger partial charge in [-0.25, -0.2) is 9.59 Å². The molecule has 0 amide bonds. The van der Waals surface area contributed by atoms with Crippen LogP contribution < -0.4 is 10.2 Å². The Morgan fingerprint density at radius 3 is 1.06 bits per heavy atom. The van der Waals surface area contributed by atoms with Crippen LogP contribution in [0.3, 0.4) is 0 Å². The minimum Gasteiger partial charge on any atom is -0.545 e. The monoisotopic (exact) mass is 689 g/mol. The van der Waals surface area contributed by atoms with Gasteiger partial charge in [-0.2, -0.15) is 0 Å². The molecule has 33 heavy (non-hydrogen) atoms. The van der Waals surface area contributed by atoms with Crippen molar-refractivity contribution in [3.05, 3.63) is 70.8 Å². The van der Waals surface area contributed by atoms with Crippen molar-refractivity contribution >= 4 is 23.9 Å². The first kappa shape index (κ1) is 42.7. The third kappa shape index (κ3) is 17.6. The van der Waals surface area contributed by atoms with Crippen LogP contribution >= 0.6 is 0 Å². The van der Waals surface area contributed by atoms with E-state index in [1.807, 2.05) is 0 Å². The summed E-state index contributed by atoms with van der Waals surface area (Å²) in [7, 11) is 3.17. The van der Waals surface area contributed by atoms with E-state index in [4.69, 9.17) is 10.2 Å². The van der Waals surface area contributed by atoms with Crippen molar-refractivity contribution in [3.63, 3.8) is 0 Å². The summed E-state index contributed by atoms with van der Waals surface area (Å²) in [6, 6.07) is 10.6. The number of ether oxygens (including phenoxy) is 2. The van der Waals surface area contributed by atoms with Gasteiger partial charge in [-0.3, -0.25) is 0 Å². The molecule has 13 heteroatoms. The summed E-state index contributed by atoms with van der Waals surface area (Å²) >= 11 is 0. The van der Waals surface area contributed by atoms with Gasteiger partial charge in [-0.05, 0) is 12.1 Å². The maximum Gasteiger partial charge on any atom is 0.336 e. The molecule has 0 atom stereocenters. The van der Waals surface area contributed by atoms with Crippen LogP contribution in [0.2, 0.25) is 0 Å². The van der Waals surface area contributed by atoms with E-state index < -0.39 is 23.9 Å². The van der Waals surface area contributed by atoms with Crippen LogP contribution in [0.25, 0.3) is 0 Å². The number of methoxy groups -OCH3 is 2. The molecule has 2 rings (SSSR count). The van der Waals surface area contributed by atoms with Crippen molar-refractivity contribution < 1.29 is 147 Å². The Labute approximate surface area is 267 Å². The van der Waals surface area contributed by atoms with Crippen LogP contribution in [-0.2, 0) is 108 Å². The fourth-order valence-electron chi connectivity index (χ4n) is 1.81. The molecule has 0 aliphatic heterocycles. The molecule has 0 spiro atoms. The van der Waals surface area contributed by atoms with Crippen LogP contribution in [0.15, 0.2) is 48.5 Å². The maximum absolute atomic E-state index is 10.5. The predicted molar refractivity (Wildman–Crippen MR) is 101 cm³/mol. The van der Waals surface area contributed by atoms with Crippen molar-refractivity contribution in [1.82, 2.24) is 0 Å². The Balaban J connectivity index is -0.000000120. The number of aromatic carboxylic acids is 4. The van der Waals surface area contributed by atoms with Gasteiger partial charge in [0.25, 0.3) is 0 Å². The quantitative estimate of drug-likeness (QED) is 0.404. The van der Waals surface area contributed by atoms with Crippen molar-refractivity contribution in [2.24, 2.45) is 0 Å². The van der Waals surface area contributed by atoms with E-state index in [1.54, 1.807) is 14.2 Å². The normalized spacial score (nSPS) is 8.06. The first-order valence-electron chi connectivity index (χ1n) is 7.72. The molecule has 2 aromatic rings. The fourth-order valence-corrected chi connectivity index (χ4v) is 1.81. The summed E-state index contributed by atoms with van der Waals surface area (Å²) in [5.41, 5.74) is -1.11. The van der Waals surface area contributed by atoms with Gasteiger partial charge in [-0.15, -0.1) is 0 Å². The van der Waals surface area contributed by atoms with E-state index in [1.165, 1.54) is 36.4 Å². The molecule has 0 aromatic heterocycles. The van der Waals surface area contributed by atoms with Gasteiger partial charge < -0.3 is 39.5 Å². The summed E-state index contributed by atoms with van der Waals surface area (Å²) in [6.45, 7) is 0.389. The molecule has 0 fully saturated rings. The molecule has 173 valence electrons. The summed E-state index contributed by atoms with van der Waals surface area (Å²) in [4.78, 5) is 41.6. The molecule has 10 nitrogen and oxygen atoms in total. The first-order valence-corrected chi connectivity index (χ1v) is 7.72. The number of benzene rings is 2. The van der Waals surface area contributed by atoms with Crippen molar-refractivity contribution in [3.8, 4) is 0 Å². The molecular weight excluding hydrogens is 667 g/mol. The minimum absolute atomic E-state index is 0. The Bertz CT molecular complexity index is 724. The molecule has 2 N–H and O–H groups in total. The van der Waals surface area contributed by atoms with Gasteiger partial charge >= 0.3 is 11.9 Å². The van der Waals surface area contributed by atoms with E-state index in [9.17, 15) is 29.4 Å². The third-order valence-electron chi connectivity index (χ3n) is 2.99. The Kier molecular flexibility index (Phi) is 31.9. The van der Waals surface area contributed by atoms with Crippen molar-refractivity contribution in [2.75, 3.05) is 21.0 Å². The second-order valence-corrected chi connectivity index (χ2v) is 4.97. The van der Waals surface area contributed by atoms with E-state index in [0.717, 1.165) is 12.1 Å². The van der Waals surface area contributed by atoms with Crippen LogP contribution in [0.5, 0.6) is 0 Å². The zero-order valence-corrected chi connectivity index (χ0v) is 25.7. The van der Waals surface area contributed by atoms with Crippen LogP contribution in [-0.4, -0.2) is 55.1 Å². The van der Waals surface area contributed by atoms with E-state index in [0.29, 0.717) is 6.79 Å². The zero-order chi connectivity index (χ0) is 22.4. The number of carboxylic acid groups (broad SMARTS) is 4. The number of rotatable bonds is 6. The molecule has 0 unspecified atom stereocenters. The summed E-state index contributed by atoms with van der Waals surface area (Å²) in [5.74, 6) is -5.49. The van der Waals surface area contributed by atoms with E-state index in [2.05, 4.69) is 9.47 Å². The molecule has 0 heterocycles. The first-order chi connectivity index (χ1) is 13.7. The third-order valence-corrected chi connectivity index (χ3v) is 2.99. The van der Waals surface area contributed by atoms with E-state index in [-0.39, 0.29) is 128 Å². The standard InChI is InChI=1S/2C8H6O4.C3H8O2.CH4.3Y/c2*9-7(10)5-3-1-2-4-6(5)8(11)12;1-4-3-5-2;;;;/h2*1-4H,(H,9,10)(H,11,12);3H2,1-2H3;1H4;;;/p-2. The second-order valence-electron chi connectivity index (χ2n) is 4.97. The van der Waals surface area contributed by atoms with Gasteiger partial charge in [0.1, 0.15) is 6.79 Å². The average Bonchev–Trinajstić information content (AvgIpc) is 2.69. The SMILES string of the molecule is C.COCOC.O=C(O)c1ccccc1C(=O)O.O=C([O-])c1ccccc1C(=O)[O-].[Y].[Y].[Y]. The maximum atomic E-state index is 10.5. The summed E-state index contributed by atoms with van der Waals surface area (Å²) in [5, 5.41) is 37.8. The molecule has 0 aliphatic rings. The number of carbonyl (C=O) groups is 4. The molecule has 3 radical (unpaired) electrons. The van der Waals surface area contributed by atoms with Crippen LogP contribution in [0, 0.1) is 0 Å². The van der Waals surface area contributed by atoms with Crippen LogP contribution in [0.1, 0.15) is 48.9 Å². The number of carbonyl (C=O) groups excluding carboxylic acids is 2. The summed E-state index contributed by atoms with van der Waals surface area (Å²) in [6.07, 6.45) is 0. The predicted octanol–water partition coefficient (Wildman–Crippen LogP) is 0.362. The Morgan fingerprint density at radius 1 is 0.667 bits per heavy atom. The largest absolute Gasteiger partial charge is 0.545 e. The smallest absolute Gasteiger partial charge is 0.336 e. The fraction of sp³-hybridized carbons (Fsp3) is 0.200. The number of hydrogen-bond donors (Lipinski definition) is 2. The van der Waals surface area contributed by atoms with Crippen molar-refractivity contribution in [1.29, 1.82) is 0 Å². The van der Waals surface area contributed by atoms with Gasteiger partial charge in [0, 0.05) is 123 Å². The average molecular weight is 689 g/mol. The van der Waals surface area contributed by atoms with Crippen molar-refractivity contribution in [2.45, 2.75) is 7.43 Å². The second kappa shape index (κ2) is 24.7. The number of hydrogen-bond acceptors (Lipinski definition) is 8. The summed E-state index contributed by atoms with van der Waals surface area (Å²) < 4.78 is 8.94. The Morgan fingerprint density at radius 2 is 0.909 bits per heavy atom. The molecule has 0 aliphatic carbocycles. The molecule has 0 saturated carbocycles. The van der Waals surface area contributed by atoms with Crippen LogP contribution in [0.4, 0.5) is 0 Å². The van der Waals surface area contributed by atoms with Gasteiger partial charge in [0.05, 0.1) is 23.1 Å². The van der Waals surface area contributed by atoms with E-state index >= 15 is 0 Å². The minimum atomic E-state index is -1.52. The van der Waals surface area contributed by atoms with Gasteiger partial charge in [0.2, 0.25) is 0 Å². The molecule has 0 saturated heterocycles. The number of carboxylic acids is 4. The molecule has 2 aromatic carbocycles. The van der Waals surface area contributed by atoms with Gasteiger partial charge in [0.15, 0.2) is 0 Å². The molecule has 0 bridgehead atoms.